The lowest BCUT2D eigenvalue weighted by Gasteiger charge is -2.39. The Balaban J connectivity index is 1.91. The number of hydrogen-bond donors (Lipinski definition) is 1. The van der Waals surface area contributed by atoms with Gasteiger partial charge in [0.25, 0.3) is 0 Å². The summed E-state index contributed by atoms with van der Waals surface area (Å²) in [5, 5.41) is 9.44. The molecule has 1 aliphatic carbocycles. The Labute approximate surface area is 119 Å². The fourth-order valence-corrected chi connectivity index (χ4v) is 3.37. The van der Waals surface area contributed by atoms with Gasteiger partial charge in [-0.15, -0.1) is 0 Å². The molecule has 2 aliphatic rings. The van der Waals surface area contributed by atoms with Crippen molar-refractivity contribution < 1.29 is 9.90 Å². The number of anilines is 1. The van der Waals surface area contributed by atoms with Crippen LogP contribution in [0.25, 0.3) is 0 Å². The molecule has 1 aliphatic heterocycles. The van der Waals surface area contributed by atoms with Gasteiger partial charge in [0.2, 0.25) is 0 Å². The third-order valence-corrected chi connectivity index (χ3v) is 4.61. The van der Waals surface area contributed by atoms with E-state index in [1.165, 1.54) is 18.4 Å². The maximum Gasteiger partial charge on any atom is 0.311 e. The van der Waals surface area contributed by atoms with Crippen LogP contribution in [0.1, 0.15) is 43.9 Å². The van der Waals surface area contributed by atoms with E-state index in [4.69, 9.17) is 0 Å². The first-order valence-corrected chi connectivity index (χ1v) is 7.41. The first kappa shape index (κ1) is 13.3. The van der Waals surface area contributed by atoms with Crippen molar-refractivity contribution >= 4 is 11.8 Å². The molecule has 1 aromatic rings. The molecule has 5 nitrogen and oxygen atoms in total. The third-order valence-electron chi connectivity index (χ3n) is 4.61. The van der Waals surface area contributed by atoms with E-state index in [0.717, 1.165) is 43.7 Å². The molecule has 108 valence electrons. The molecule has 0 amide bonds. The molecule has 1 atom stereocenters. The number of carbonyl (C=O) groups is 1. The van der Waals surface area contributed by atoms with Gasteiger partial charge in [-0.3, -0.25) is 4.79 Å². The van der Waals surface area contributed by atoms with Gasteiger partial charge in [0.05, 0.1) is 5.41 Å². The smallest absolute Gasteiger partial charge is 0.311 e. The highest BCUT2D eigenvalue weighted by Crippen LogP contribution is 2.34. The predicted octanol–water partition coefficient (Wildman–Crippen LogP) is 2.05. The van der Waals surface area contributed by atoms with Crippen LogP contribution < -0.4 is 4.90 Å². The van der Waals surface area contributed by atoms with E-state index in [9.17, 15) is 9.90 Å². The van der Waals surface area contributed by atoms with Crippen LogP contribution in [0.5, 0.6) is 0 Å². The number of fused-ring (bicyclic) bond motifs is 1. The number of rotatable bonds is 2. The third kappa shape index (κ3) is 2.25. The van der Waals surface area contributed by atoms with Gasteiger partial charge in [0, 0.05) is 24.3 Å². The number of carboxylic acids is 1. The Kier molecular flexibility index (Phi) is 3.36. The molecule has 2 heterocycles. The molecular weight excluding hydrogens is 254 g/mol. The molecule has 1 unspecified atom stereocenters. The zero-order chi connectivity index (χ0) is 14.2. The topological polar surface area (TPSA) is 66.3 Å². The lowest BCUT2D eigenvalue weighted by atomic mass is 9.81. The zero-order valence-electron chi connectivity index (χ0n) is 11.9. The second kappa shape index (κ2) is 5.04. The molecule has 1 aromatic heterocycles. The highest BCUT2D eigenvalue weighted by atomic mass is 16.4. The van der Waals surface area contributed by atoms with Crippen molar-refractivity contribution in [2.24, 2.45) is 5.41 Å². The second-order valence-corrected chi connectivity index (χ2v) is 6.22. The van der Waals surface area contributed by atoms with E-state index in [2.05, 4.69) is 14.9 Å². The van der Waals surface area contributed by atoms with Gasteiger partial charge in [-0.2, -0.15) is 0 Å². The fraction of sp³-hybridized carbons (Fsp3) is 0.667. The van der Waals surface area contributed by atoms with Crippen LogP contribution in [0.2, 0.25) is 0 Å². The predicted molar refractivity (Wildman–Crippen MR) is 75.9 cm³/mol. The molecule has 5 heteroatoms. The lowest BCUT2D eigenvalue weighted by Crippen LogP contribution is -2.46. The first-order valence-electron chi connectivity index (χ1n) is 7.41. The summed E-state index contributed by atoms with van der Waals surface area (Å²) in [5.41, 5.74) is 1.74. The molecular formula is C15H21N3O2. The summed E-state index contributed by atoms with van der Waals surface area (Å²) in [6, 6.07) is 0. The Morgan fingerprint density at radius 1 is 1.30 bits per heavy atom. The number of nitrogens with zero attached hydrogens (tertiary/aromatic N) is 3. The Hall–Kier alpha value is -1.65. The maximum atomic E-state index is 11.5. The molecule has 3 rings (SSSR count). The molecule has 1 N–H and O–H groups in total. The monoisotopic (exact) mass is 275 g/mol. The number of aliphatic carboxylic acids is 1. The molecule has 0 radical (unpaired) electrons. The van der Waals surface area contributed by atoms with Gasteiger partial charge < -0.3 is 10.0 Å². The highest BCUT2D eigenvalue weighted by Gasteiger charge is 2.39. The molecule has 20 heavy (non-hydrogen) atoms. The molecule has 0 aromatic carbocycles. The van der Waals surface area contributed by atoms with Crippen molar-refractivity contribution in [1.29, 1.82) is 0 Å². The SMILES string of the molecule is CC1(C(=O)O)CCCN(c2ncnc3c2CCCC3)C1. The number of aromatic nitrogens is 2. The number of piperidine rings is 1. The normalized spacial score (nSPS) is 26.1. The van der Waals surface area contributed by atoms with E-state index < -0.39 is 11.4 Å². The number of carboxylic acid groups (broad SMARTS) is 1. The second-order valence-electron chi connectivity index (χ2n) is 6.22. The summed E-state index contributed by atoms with van der Waals surface area (Å²) < 4.78 is 0. The highest BCUT2D eigenvalue weighted by molar-refractivity contribution is 5.75. The fourth-order valence-electron chi connectivity index (χ4n) is 3.37. The van der Waals surface area contributed by atoms with Crippen molar-refractivity contribution in [3.05, 3.63) is 17.6 Å². The minimum absolute atomic E-state index is 0.547. The summed E-state index contributed by atoms with van der Waals surface area (Å²) in [7, 11) is 0. The molecule has 0 bridgehead atoms. The van der Waals surface area contributed by atoms with Crippen LogP contribution in [0, 0.1) is 5.41 Å². The lowest BCUT2D eigenvalue weighted by molar-refractivity contribution is -0.148. The van der Waals surface area contributed by atoms with E-state index >= 15 is 0 Å². The van der Waals surface area contributed by atoms with Gasteiger partial charge in [-0.1, -0.05) is 0 Å². The average Bonchev–Trinajstić information content (AvgIpc) is 2.46. The standard InChI is InChI=1S/C15H21N3O2/c1-15(14(19)20)7-4-8-18(9-15)13-11-5-2-3-6-12(11)16-10-17-13/h10H,2-9H2,1H3,(H,19,20). The van der Waals surface area contributed by atoms with Crippen LogP contribution in [-0.2, 0) is 17.6 Å². The van der Waals surface area contributed by atoms with Crippen LogP contribution in [-0.4, -0.2) is 34.1 Å². The summed E-state index contributed by atoms with van der Waals surface area (Å²) in [6.45, 7) is 3.28. The number of hydrogen-bond acceptors (Lipinski definition) is 4. The maximum absolute atomic E-state index is 11.5. The summed E-state index contributed by atoms with van der Waals surface area (Å²) in [4.78, 5) is 22.5. The summed E-state index contributed by atoms with van der Waals surface area (Å²) in [5.74, 6) is 0.270. The van der Waals surface area contributed by atoms with Crippen LogP contribution in [0.15, 0.2) is 6.33 Å². The van der Waals surface area contributed by atoms with E-state index in [1.807, 2.05) is 6.92 Å². The largest absolute Gasteiger partial charge is 0.481 e. The van der Waals surface area contributed by atoms with E-state index in [0.29, 0.717) is 6.54 Å². The van der Waals surface area contributed by atoms with E-state index in [1.54, 1.807) is 6.33 Å². The van der Waals surface area contributed by atoms with Gasteiger partial charge in [0.1, 0.15) is 12.1 Å². The molecule has 1 saturated heterocycles. The summed E-state index contributed by atoms with van der Waals surface area (Å²) in [6.07, 6.45) is 7.69. The van der Waals surface area contributed by atoms with Gasteiger partial charge >= 0.3 is 5.97 Å². The van der Waals surface area contributed by atoms with Crippen molar-refractivity contribution in [2.75, 3.05) is 18.0 Å². The van der Waals surface area contributed by atoms with Crippen molar-refractivity contribution in [2.45, 2.75) is 45.4 Å². The van der Waals surface area contributed by atoms with Crippen molar-refractivity contribution in [1.82, 2.24) is 9.97 Å². The zero-order valence-corrected chi connectivity index (χ0v) is 11.9. The Morgan fingerprint density at radius 3 is 2.90 bits per heavy atom. The quantitative estimate of drug-likeness (QED) is 0.894. The molecule has 1 fully saturated rings. The molecule has 0 spiro atoms. The van der Waals surface area contributed by atoms with Gasteiger partial charge in [0.15, 0.2) is 0 Å². The van der Waals surface area contributed by atoms with Crippen molar-refractivity contribution in [3.8, 4) is 0 Å². The van der Waals surface area contributed by atoms with Crippen LogP contribution >= 0.6 is 0 Å². The van der Waals surface area contributed by atoms with Crippen LogP contribution in [0.4, 0.5) is 5.82 Å². The van der Waals surface area contributed by atoms with Crippen LogP contribution in [0.3, 0.4) is 0 Å². The Morgan fingerprint density at radius 2 is 2.10 bits per heavy atom. The Bertz CT molecular complexity index is 532. The first-order chi connectivity index (χ1) is 9.60. The van der Waals surface area contributed by atoms with E-state index in [-0.39, 0.29) is 0 Å². The minimum atomic E-state index is -0.704. The number of aryl methyl sites for hydroxylation is 1. The summed E-state index contributed by atoms with van der Waals surface area (Å²) >= 11 is 0. The minimum Gasteiger partial charge on any atom is -0.481 e. The van der Waals surface area contributed by atoms with Gasteiger partial charge in [-0.05, 0) is 45.4 Å². The average molecular weight is 275 g/mol. The molecule has 0 saturated carbocycles. The van der Waals surface area contributed by atoms with Crippen molar-refractivity contribution in [3.63, 3.8) is 0 Å². The van der Waals surface area contributed by atoms with Gasteiger partial charge in [-0.25, -0.2) is 9.97 Å².